The highest BCUT2D eigenvalue weighted by molar-refractivity contribution is 5.63. The van der Waals surface area contributed by atoms with Gasteiger partial charge in [0.15, 0.2) is 0 Å². The number of nitrogens with zero attached hydrogens (tertiary/aromatic N) is 1. The van der Waals surface area contributed by atoms with Gasteiger partial charge in [-0.1, -0.05) is 26.0 Å². The normalized spacial score (nSPS) is 11.3. The molecule has 0 saturated heterocycles. The molecule has 0 amide bonds. The Bertz CT molecular complexity index is 717. The summed E-state index contributed by atoms with van der Waals surface area (Å²) in [5, 5.41) is 23.4. The minimum absolute atomic E-state index is 0.0581. The summed E-state index contributed by atoms with van der Waals surface area (Å²) in [5.74, 6) is -0.316. The van der Waals surface area contributed by atoms with Crippen molar-refractivity contribution in [2.24, 2.45) is 0 Å². The Morgan fingerprint density at radius 2 is 2.00 bits per heavy atom. The van der Waals surface area contributed by atoms with Crippen LogP contribution in [0.1, 0.15) is 25.0 Å². The third kappa shape index (κ3) is 4.04. The molecule has 6 heteroatoms. The quantitative estimate of drug-likeness (QED) is 0.630. The number of nitrogens with one attached hydrogen (secondary N) is 1. The first-order valence-electron chi connectivity index (χ1n) is 7.21. The van der Waals surface area contributed by atoms with Gasteiger partial charge >= 0.3 is 0 Å². The molecule has 0 fully saturated rings. The molecule has 0 spiro atoms. The lowest BCUT2D eigenvalue weighted by atomic mass is 9.84. The van der Waals surface area contributed by atoms with Crippen LogP contribution in [0.25, 0.3) is 0 Å². The average Bonchev–Trinajstić information content (AvgIpc) is 2.52. The molecule has 2 rings (SSSR count). The fourth-order valence-electron chi connectivity index (χ4n) is 2.31. The predicted octanol–water partition coefficient (Wildman–Crippen LogP) is 3.62. The SMILES string of the molecule is CC(C)(CNc1cc(CO)ccc1[N+](=O)[O-])c1cccc(F)c1. The monoisotopic (exact) mass is 318 g/mol. The first kappa shape index (κ1) is 16.9. The van der Waals surface area contributed by atoms with Gasteiger partial charge in [-0.25, -0.2) is 4.39 Å². The minimum atomic E-state index is -0.474. The molecule has 2 N–H and O–H groups in total. The maximum absolute atomic E-state index is 13.4. The van der Waals surface area contributed by atoms with E-state index in [9.17, 15) is 19.6 Å². The van der Waals surface area contributed by atoms with E-state index in [0.717, 1.165) is 5.56 Å². The number of hydrogen-bond acceptors (Lipinski definition) is 4. The van der Waals surface area contributed by atoms with Gasteiger partial charge in [-0.05, 0) is 35.4 Å². The average molecular weight is 318 g/mol. The van der Waals surface area contributed by atoms with E-state index in [1.165, 1.54) is 24.3 Å². The van der Waals surface area contributed by atoms with Gasteiger partial charge in [-0.2, -0.15) is 0 Å². The molecule has 2 aromatic rings. The van der Waals surface area contributed by atoms with E-state index in [-0.39, 0.29) is 18.1 Å². The van der Waals surface area contributed by atoms with E-state index < -0.39 is 10.3 Å². The van der Waals surface area contributed by atoms with Gasteiger partial charge in [0, 0.05) is 18.0 Å². The zero-order valence-corrected chi connectivity index (χ0v) is 13.0. The number of halogens is 1. The molecular weight excluding hydrogens is 299 g/mol. The maximum atomic E-state index is 13.4. The summed E-state index contributed by atoms with van der Waals surface area (Å²) in [7, 11) is 0. The van der Waals surface area contributed by atoms with Crippen LogP contribution in [0.2, 0.25) is 0 Å². The van der Waals surface area contributed by atoms with E-state index in [4.69, 9.17) is 0 Å². The van der Waals surface area contributed by atoms with E-state index >= 15 is 0 Å². The van der Waals surface area contributed by atoms with Gasteiger partial charge in [0.1, 0.15) is 11.5 Å². The zero-order chi connectivity index (χ0) is 17.0. The largest absolute Gasteiger partial charge is 0.392 e. The standard InChI is InChI=1S/C17H19FN2O3/c1-17(2,13-4-3-5-14(18)9-13)11-19-15-8-12(10-21)6-7-16(15)20(22)23/h3-9,19,21H,10-11H2,1-2H3. The summed E-state index contributed by atoms with van der Waals surface area (Å²) >= 11 is 0. The van der Waals surface area contributed by atoms with Gasteiger partial charge in [0.2, 0.25) is 0 Å². The molecule has 23 heavy (non-hydrogen) atoms. The van der Waals surface area contributed by atoms with Crippen molar-refractivity contribution in [1.29, 1.82) is 0 Å². The number of nitro benzene ring substituents is 1. The number of aliphatic hydroxyl groups excluding tert-OH is 1. The second-order valence-electron chi connectivity index (χ2n) is 6.01. The summed E-state index contributed by atoms with van der Waals surface area (Å²) in [6.07, 6.45) is 0. The molecule has 122 valence electrons. The van der Waals surface area contributed by atoms with Crippen molar-refractivity contribution < 1.29 is 14.4 Å². The van der Waals surface area contributed by atoms with Crippen LogP contribution < -0.4 is 5.32 Å². The molecule has 0 unspecified atom stereocenters. The van der Waals surface area contributed by atoms with E-state index in [1.54, 1.807) is 12.1 Å². The van der Waals surface area contributed by atoms with Gasteiger partial charge in [-0.3, -0.25) is 10.1 Å². The number of nitro groups is 1. The van der Waals surface area contributed by atoms with Crippen LogP contribution in [0.5, 0.6) is 0 Å². The molecule has 0 bridgehead atoms. The van der Waals surface area contributed by atoms with Crippen LogP contribution in [0.4, 0.5) is 15.8 Å². The third-order valence-electron chi connectivity index (χ3n) is 3.77. The molecule has 2 aromatic carbocycles. The Balaban J connectivity index is 2.24. The highest BCUT2D eigenvalue weighted by Crippen LogP contribution is 2.29. The first-order valence-corrected chi connectivity index (χ1v) is 7.21. The molecule has 5 nitrogen and oxygen atoms in total. The summed E-state index contributed by atoms with van der Waals surface area (Å²) in [6, 6.07) is 10.7. The third-order valence-corrected chi connectivity index (χ3v) is 3.77. The van der Waals surface area contributed by atoms with Crippen molar-refractivity contribution in [1.82, 2.24) is 0 Å². The number of benzene rings is 2. The second-order valence-corrected chi connectivity index (χ2v) is 6.01. The molecule has 0 atom stereocenters. The van der Waals surface area contributed by atoms with Crippen molar-refractivity contribution in [3.8, 4) is 0 Å². The maximum Gasteiger partial charge on any atom is 0.292 e. The van der Waals surface area contributed by atoms with Crippen LogP contribution in [0, 0.1) is 15.9 Å². The van der Waals surface area contributed by atoms with Crippen molar-refractivity contribution in [2.45, 2.75) is 25.9 Å². The van der Waals surface area contributed by atoms with E-state index in [2.05, 4.69) is 5.32 Å². The zero-order valence-electron chi connectivity index (χ0n) is 13.0. The van der Waals surface area contributed by atoms with Crippen LogP contribution in [0.3, 0.4) is 0 Å². The van der Waals surface area contributed by atoms with Crippen molar-refractivity contribution >= 4 is 11.4 Å². The van der Waals surface area contributed by atoms with Crippen LogP contribution >= 0.6 is 0 Å². The molecule has 0 aromatic heterocycles. The summed E-state index contributed by atoms with van der Waals surface area (Å²) < 4.78 is 13.4. The van der Waals surface area contributed by atoms with E-state index in [0.29, 0.717) is 17.8 Å². The van der Waals surface area contributed by atoms with Gasteiger partial charge < -0.3 is 10.4 Å². The summed E-state index contributed by atoms with van der Waals surface area (Å²) in [6.45, 7) is 4.04. The summed E-state index contributed by atoms with van der Waals surface area (Å²) in [4.78, 5) is 10.6. The number of rotatable bonds is 6. The van der Waals surface area contributed by atoms with Crippen molar-refractivity contribution in [3.05, 3.63) is 69.5 Å². The lowest BCUT2D eigenvalue weighted by Gasteiger charge is -2.26. The highest BCUT2D eigenvalue weighted by atomic mass is 19.1. The highest BCUT2D eigenvalue weighted by Gasteiger charge is 2.23. The first-order chi connectivity index (χ1) is 10.8. The number of anilines is 1. The number of aliphatic hydroxyl groups is 1. The van der Waals surface area contributed by atoms with Gasteiger partial charge in [0.05, 0.1) is 11.5 Å². The minimum Gasteiger partial charge on any atom is -0.392 e. The molecule has 0 saturated carbocycles. The smallest absolute Gasteiger partial charge is 0.292 e. The fourth-order valence-corrected chi connectivity index (χ4v) is 2.31. The van der Waals surface area contributed by atoms with Gasteiger partial charge in [-0.15, -0.1) is 0 Å². The Morgan fingerprint density at radius 3 is 2.61 bits per heavy atom. The summed E-state index contributed by atoms with van der Waals surface area (Å²) in [5.41, 5.74) is 1.24. The van der Waals surface area contributed by atoms with Crippen LogP contribution in [-0.4, -0.2) is 16.6 Å². The molecule has 0 aliphatic rings. The van der Waals surface area contributed by atoms with Crippen LogP contribution in [0.15, 0.2) is 42.5 Å². The lowest BCUT2D eigenvalue weighted by Crippen LogP contribution is -2.28. The Morgan fingerprint density at radius 1 is 1.26 bits per heavy atom. The Kier molecular flexibility index (Phi) is 4.95. The molecule has 0 radical (unpaired) electrons. The Hall–Kier alpha value is -2.47. The van der Waals surface area contributed by atoms with E-state index in [1.807, 2.05) is 19.9 Å². The lowest BCUT2D eigenvalue weighted by molar-refractivity contribution is -0.384. The molecule has 0 aliphatic carbocycles. The van der Waals surface area contributed by atoms with Crippen LogP contribution in [-0.2, 0) is 12.0 Å². The topological polar surface area (TPSA) is 75.4 Å². The molecule has 0 heterocycles. The Labute approximate surface area is 133 Å². The number of hydrogen-bond donors (Lipinski definition) is 2. The molecular formula is C17H19FN2O3. The predicted molar refractivity (Wildman–Crippen MR) is 86.9 cm³/mol. The van der Waals surface area contributed by atoms with Crippen molar-refractivity contribution in [2.75, 3.05) is 11.9 Å². The van der Waals surface area contributed by atoms with Crippen molar-refractivity contribution in [3.63, 3.8) is 0 Å². The molecule has 0 aliphatic heterocycles. The fraction of sp³-hybridized carbons (Fsp3) is 0.294. The van der Waals surface area contributed by atoms with Gasteiger partial charge in [0.25, 0.3) is 5.69 Å². The second kappa shape index (κ2) is 6.75.